The largest absolute Gasteiger partial charge is 0.508 e. The number of carbonyl (C=O) groups is 18. The number of guanidine groups is 3. The lowest BCUT2D eigenvalue weighted by Crippen LogP contribution is -2.61. The number of hydrogen-bond donors (Lipinski definition) is 31. The van der Waals surface area contributed by atoms with Crippen molar-refractivity contribution >= 4 is 124 Å². The summed E-state index contributed by atoms with van der Waals surface area (Å²) < 4.78 is 0. The van der Waals surface area contributed by atoms with E-state index < -0.39 is 254 Å². The van der Waals surface area contributed by atoms with Gasteiger partial charge in [-0.05, 0) is 158 Å². The fourth-order valence-corrected chi connectivity index (χ4v) is 12.3. The van der Waals surface area contributed by atoms with Crippen LogP contribution in [0.2, 0.25) is 0 Å². The van der Waals surface area contributed by atoms with Crippen LogP contribution in [-0.4, -0.2) is 259 Å². The van der Waals surface area contributed by atoms with Crippen molar-refractivity contribution in [1.29, 1.82) is 16.2 Å². The Labute approximate surface area is 730 Å². The highest BCUT2D eigenvalue weighted by Crippen LogP contribution is 2.17. The molecule has 49 nitrogen and oxygen atoms in total. The molecule has 0 aliphatic rings. The van der Waals surface area contributed by atoms with Crippen LogP contribution in [0.25, 0.3) is 0 Å². The standard InChI is InChI=1S/C77H135N29O20/c1-39(2)33-45(80)63(115)97-47(16-9-11-29-79)66(118)102-52(25-27-57(82)109)70(122)101-50(19-14-32-92-77(88)89)68(120)100-49(18-13-31-91-76(86)87)67(119)99-48(17-12-30-90-75(84)85)65(117)95-42(7)62(114)93-37-59(111)96-51(24-26-56(81)108)69(121)103-53(34-40(3)4)73(125)106-61(41(5)6)74(126)105-55(36-58(83)110)72(124)104-54(35-43-20-22-44(107)23-21-43)71(123)98-46(15-8-10-28-78)64(116)94-38-60(112)113/h20-23,39-42,45-55,61,107H,8-19,24-38,78-80H2,1-7H3,(H2,81,108)(H2,82,109)(H2,83,110)(H,93,114)(H,94,116)(H,95,117)(H,96,111)(H,97,115)(H,98,123)(H,99,119)(H,100,120)(H,101,122)(H,102,118)(H,103,121)(H,104,124)(H,105,126)(H,106,125)(H,112,113)(H4,84,85,90)(H4,86,87,91)(H4,88,89,92)/t42-,45-,46-,47-,48-,49-,50-,51-,52-,53-,54-,55-,61-/m0/s1. The van der Waals surface area contributed by atoms with Crippen molar-refractivity contribution in [2.75, 3.05) is 45.8 Å². The highest BCUT2D eigenvalue weighted by atomic mass is 16.4. The second kappa shape index (κ2) is 59.9. The SMILES string of the molecule is CC(C)C[C@H](NC(=O)[C@H](CCC(N)=O)NC(=O)CNC(=O)[C@H](C)NC(=O)[C@H](CCCNC(=N)N)NC(=O)[C@H](CCCNC(=N)N)NC(=O)[C@H](CCCNC(=N)N)NC(=O)[C@H](CCC(N)=O)NC(=O)[C@H](CCCCN)NC(=O)[C@@H](N)CC(C)C)C(=O)N[C@H](C(=O)N[C@@H](CC(N)=O)C(=O)N[C@@H](Cc1ccc(O)cc1)C(=O)N[C@@H](CCCCN)C(=O)NCC(=O)O)C(C)C. The van der Waals surface area contributed by atoms with Gasteiger partial charge in [0.2, 0.25) is 100 Å². The number of carboxylic acid groups (broad SMARTS) is 1. The molecular weight excluding hydrogens is 1650 g/mol. The molecule has 0 spiro atoms. The number of unbranched alkanes of at least 4 members (excludes halogenated alkanes) is 2. The van der Waals surface area contributed by atoms with Crippen LogP contribution in [0.5, 0.6) is 5.75 Å². The minimum Gasteiger partial charge on any atom is -0.508 e. The summed E-state index contributed by atoms with van der Waals surface area (Å²) in [6.45, 7) is 9.86. The molecule has 1 aromatic carbocycles. The quantitative estimate of drug-likeness (QED) is 0.0164. The zero-order valence-electron chi connectivity index (χ0n) is 72.6. The lowest BCUT2D eigenvalue weighted by molar-refractivity contribution is -0.138. The third-order valence-corrected chi connectivity index (χ3v) is 18.9. The van der Waals surface area contributed by atoms with E-state index >= 15 is 0 Å². The molecular formula is C77H135N29O20. The predicted octanol–water partition coefficient (Wildman–Crippen LogP) is -9.38. The summed E-state index contributed by atoms with van der Waals surface area (Å²) in [4.78, 5) is 246. The molecule has 0 aliphatic carbocycles. The molecule has 0 heterocycles. The Morgan fingerprint density at radius 3 is 1.08 bits per heavy atom. The Hall–Kier alpha value is -12.8. The van der Waals surface area contributed by atoms with E-state index in [-0.39, 0.29) is 121 Å². The highest BCUT2D eigenvalue weighted by Gasteiger charge is 2.39. The number of nitrogens with one attached hydrogen (secondary N) is 20. The van der Waals surface area contributed by atoms with Crippen molar-refractivity contribution in [1.82, 2.24) is 90.4 Å². The number of aliphatic carboxylic acids is 1. The van der Waals surface area contributed by atoms with Crippen LogP contribution < -0.4 is 142 Å². The summed E-state index contributed by atoms with van der Waals surface area (Å²) in [7, 11) is 0. The summed E-state index contributed by atoms with van der Waals surface area (Å²) in [5, 5.41) is 84.5. The maximum Gasteiger partial charge on any atom is 0.322 e. The average Bonchev–Trinajstić information content (AvgIpc) is 0.851. The van der Waals surface area contributed by atoms with E-state index in [1.807, 2.05) is 13.8 Å². The van der Waals surface area contributed by atoms with Crippen molar-refractivity contribution in [2.45, 2.75) is 255 Å². The number of nitrogens with two attached hydrogens (primary N) is 9. The number of carboxylic acids is 1. The molecule has 1 aromatic rings. The van der Waals surface area contributed by atoms with Crippen LogP contribution in [0.4, 0.5) is 0 Å². The number of primary amides is 3. The first-order chi connectivity index (χ1) is 59.2. The van der Waals surface area contributed by atoms with Gasteiger partial charge >= 0.3 is 5.97 Å². The molecule has 0 radical (unpaired) electrons. The first kappa shape index (κ1) is 111. The third kappa shape index (κ3) is 47.7. The van der Waals surface area contributed by atoms with Crippen molar-refractivity contribution in [3.8, 4) is 5.75 Å². The fourth-order valence-electron chi connectivity index (χ4n) is 12.3. The molecule has 0 aliphatic heterocycles. The van der Waals surface area contributed by atoms with Gasteiger partial charge in [-0.1, -0.05) is 53.7 Å². The normalized spacial score (nSPS) is 14.1. The van der Waals surface area contributed by atoms with Crippen molar-refractivity contribution < 1.29 is 96.5 Å². The lowest BCUT2D eigenvalue weighted by atomic mass is 9.98. The van der Waals surface area contributed by atoms with E-state index in [9.17, 15) is 96.5 Å². The summed E-state index contributed by atoms with van der Waals surface area (Å²) in [5.41, 5.74) is 50.9. The van der Waals surface area contributed by atoms with Crippen LogP contribution in [0.15, 0.2) is 24.3 Å². The Bertz CT molecular complexity index is 3840. The Morgan fingerprint density at radius 1 is 0.349 bits per heavy atom. The average molecular weight is 1790 g/mol. The number of aromatic hydroxyl groups is 1. The number of carbonyl (C=O) groups excluding carboxylic acids is 17. The second-order valence-electron chi connectivity index (χ2n) is 31.4. The van der Waals surface area contributed by atoms with Gasteiger partial charge in [-0.15, -0.1) is 0 Å². The van der Waals surface area contributed by atoms with E-state index in [0.717, 1.165) is 0 Å². The van der Waals surface area contributed by atoms with Crippen LogP contribution in [0, 0.1) is 34.0 Å². The van der Waals surface area contributed by atoms with Gasteiger partial charge in [0.1, 0.15) is 84.8 Å². The first-order valence-corrected chi connectivity index (χ1v) is 41.6. The fraction of sp³-hybridized carbons (Fsp3) is 0.649. The Kier molecular flexibility index (Phi) is 52.8. The molecule has 708 valence electrons. The number of amides is 17. The van der Waals surface area contributed by atoms with E-state index in [4.69, 9.17) is 67.8 Å². The first-order valence-electron chi connectivity index (χ1n) is 41.6. The third-order valence-electron chi connectivity index (χ3n) is 18.9. The van der Waals surface area contributed by atoms with Gasteiger partial charge < -0.3 is 152 Å². The predicted molar refractivity (Wildman–Crippen MR) is 460 cm³/mol. The number of benzene rings is 1. The van der Waals surface area contributed by atoms with Crippen LogP contribution in [0.1, 0.15) is 176 Å². The summed E-state index contributed by atoms with van der Waals surface area (Å²) in [6, 6.07) is -14.2. The van der Waals surface area contributed by atoms with Crippen LogP contribution >= 0.6 is 0 Å². The minimum atomic E-state index is -1.85. The molecule has 40 N–H and O–H groups in total. The monoisotopic (exact) mass is 1790 g/mol. The van der Waals surface area contributed by atoms with Crippen molar-refractivity contribution in [2.24, 2.45) is 69.4 Å². The molecule has 49 heteroatoms. The van der Waals surface area contributed by atoms with Gasteiger partial charge in [-0.2, -0.15) is 0 Å². The van der Waals surface area contributed by atoms with Gasteiger partial charge in [0, 0.05) is 38.9 Å². The molecule has 0 fully saturated rings. The van der Waals surface area contributed by atoms with Crippen LogP contribution in [0.3, 0.4) is 0 Å². The lowest BCUT2D eigenvalue weighted by Gasteiger charge is -2.29. The summed E-state index contributed by atoms with van der Waals surface area (Å²) in [6.07, 6.45) is -2.10. The summed E-state index contributed by atoms with van der Waals surface area (Å²) >= 11 is 0. The molecule has 0 unspecified atom stereocenters. The smallest absolute Gasteiger partial charge is 0.322 e. The maximum atomic E-state index is 14.6. The van der Waals surface area contributed by atoms with Gasteiger partial charge in [0.15, 0.2) is 17.9 Å². The molecule has 13 atom stereocenters. The molecule has 0 saturated heterocycles. The Balaban J connectivity index is 3.66. The number of rotatable bonds is 64. The number of phenols is 1. The van der Waals surface area contributed by atoms with Gasteiger partial charge in [-0.25, -0.2) is 0 Å². The van der Waals surface area contributed by atoms with Crippen molar-refractivity contribution in [3.05, 3.63) is 29.8 Å². The van der Waals surface area contributed by atoms with E-state index in [1.165, 1.54) is 45.0 Å². The maximum absolute atomic E-state index is 14.6. The molecule has 0 saturated carbocycles. The van der Waals surface area contributed by atoms with E-state index in [1.54, 1.807) is 13.8 Å². The minimum absolute atomic E-state index is 0.00442. The van der Waals surface area contributed by atoms with E-state index in [0.29, 0.717) is 31.2 Å². The molecule has 1 rings (SSSR count). The topological polar surface area (TPSA) is 858 Å². The molecule has 0 bridgehead atoms. The molecule has 0 aromatic heterocycles. The summed E-state index contributed by atoms with van der Waals surface area (Å²) in [5.74, 6) is -20.9. The number of phenolic OH excluding ortho intramolecular Hbond substituents is 1. The van der Waals surface area contributed by atoms with E-state index in [2.05, 4.69) is 90.4 Å². The van der Waals surface area contributed by atoms with Gasteiger partial charge in [0.25, 0.3) is 0 Å². The highest BCUT2D eigenvalue weighted by molar-refractivity contribution is 6.01. The van der Waals surface area contributed by atoms with Gasteiger partial charge in [-0.3, -0.25) is 103 Å². The molecule has 17 amide bonds. The zero-order valence-corrected chi connectivity index (χ0v) is 72.6. The van der Waals surface area contributed by atoms with Crippen molar-refractivity contribution in [3.63, 3.8) is 0 Å². The zero-order chi connectivity index (χ0) is 95.5. The Morgan fingerprint density at radius 2 is 0.690 bits per heavy atom. The molecule has 126 heavy (non-hydrogen) atoms. The number of hydrogen-bond acceptors (Lipinski definition) is 25. The van der Waals surface area contributed by atoms with Crippen LogP contribution in [-0.2, 0) is 92.7 Å². The second-order valence-corrected chi connectivity index (χ2v) is 31.4. The van der Waals surface area contributed by atoms with Gasteiger partial charge in [0.05, 0.1) is 19.0 Å².